The molecule has 1 aliphatic heterocycles. The number of carboxylic acid groups (broad SMARTS) is 1. The first-order chi connectivity index (χ1) is 12.1. The fraction of sp³-hybridized carbons (Fsp3) is 0.682. The molecule has 1 N–H and O–H groups in total. The van der Waals surface area contributed by atoms with Crippen molar-refractivity contribution in [3.05, 3.63) is 34.4 Å². The Balaban J connectivity index is 2.20. The van der Waals surface area contributed by atoms with E-state index in [0.29, 0.717) is 0 Å². The average Bonchev–Trinajstić information content (AvgIpc) is 2.88. The lowest BCUT2D eigenvalue weighted by atomic mass is 9.60. The molecule has 1 aromatic carbocycles. The lowest BCUT2D eigenvalue weighted by Crippen LogP contribution is -2.36. The highest BCUT2D eigenvalue weighted by atomic mass is 16.7. The third-order valence-electron chi connectivity index (χ3n) is 6.43. The minimum Gasteiger partial charge on any atom is -0.481 e. The molecule has 4 nitrogen and oxygen atoms in total. The first-order valence-electron chi connectivity index (χ1n) is 9.68. The second-order valence-corrected chi connectivity index (χ2v) is 9.19. The molecule has 0 aromatic heterocycles. The van der Waals surface area contributed by atoms with E-state index in [-0.39, 0.29) is 16.9 Å². The summed E-state index contributed by atoms with van der Waals surface area (Å²) in [5.74, 6) is -1.35. The van der Waals surface area contributed by atoms with Crippen LogP contribution in [0.15, 0.2) is 12.1 Å². The zero-order chi connectivity index (χ0) is 19.3. The van der Waals surface area contributed by atoms with Gasteiger partial charge in [0.15, 0.2) is 6.29 Å². The molecule has 0 spiro atoms. The van der Waals surface area contributed by atoms with Gasteiger partial charge in [0.1, 0.15) is 0 Å². The molecular weight excluding hydrogens is 328 g/mol. The quantitative estimate of drug-likeness (QED) is 0.773. The lowest BCUT2D eigenvalue weighted by Gasteiger charge is -2.44. The highest BCUT2D eigenvalue weighted by Gasteiger charge is 2.43. The van der Waals surface area contributed by atoms with E-state index in [2.05, 4.69) is 32.9 Å². The first-order valence-corrected chi connectivity index (χ1v) is 9.68. The molecule has 0 unspecified atom stereocenters. The van der Waals surface area contributed by atoms with E-state index in [1.807, 2.05) is 6.92 Å². The van der Waals surface area contributed by atoms with Gasteiger partial charge in [-0.25, -0.2) is 0 Å². The number of aliphatic carboxylic acids is 1. The van der Waals surface area contributed by atoms with Gasteiger partial charge in [0, 0.05) is 12.7 Å². The number of methoxy groups -OCH3 is 1. The van der Waals surface area contributed by atoms with E-state index in [1.54, 1.807) is 14.0 Å². The molecule has 26 heavy (non-hydrogen) atoms. The number of carbonyl (C=O) groups is 1. The van der Waals surface area contributed by atoms with Crippen LogP contribution in [0.4, 0.5) is 0 Å². The van der Waals surface area contributed by atoms with Crippen LogP contribution in [0.1, 0.15) is 101 Å². The minimum atomic E-state index is -0.786. The smallest absolute Gasteiger partial charge is 0.310 e. The van der Waals surface area contributed by atoms with Gasteiger partial charge in [-0.1, -0.05) is 39.3 Å². The fourth-order valence-electron chi connectivity index (χ4n) is 5.36. The second kappa shape index (κ2) is 6.65. The predicted octanol–water partition coefficient (Wildman–Crippen LogP) is 5.47. The van der Waals surface area contributed by atoms with Gasteiger partial charge in [-0.2, -0.15) is 0 Å². The molecule has 2 aliphatic rings. The Kier molecular flexibility index (Phi) is 4.95. The second-order valence-electron chi connectivity index (χ2n) is 9.19. The maximum Gasteiger partial charge on any atom is 0.310 e. The third kappa shape index (κ3) is 3.18. The molecule has 0 bridgehead atoms. The summed E-state index contributed by atoms with van der Waals surface area (Å²) in [4.78, 5) is 12.0. The van der Waals surface area contributed by atoms with Crippen LogP contribution in [-0.2, 0) is 19.7 Å². The minimum absolute atomic E-state index is 0.0132. The van der Waals surface area contributed by atoms with Gasteiger partial charge in [-0.05, 0) is 60.6 Å². The first kappa shape index (κ1) is 19.4. The SMILES string of the molecule is CO[C@H]1O[C@H](C)c2c1ccc([C@@]1(C)CCCC(C)(C)C1)c2[C@@H](C)C(=O)O. The number of benzene rings is 1. The number of ether oxygens (including phenoxy) is 2. The Bertz CT molecular complexity index is 708. The van der Waals surface area contributed by atoms with Gasteiger partial charge in [0.05, 0.1) is 12.0 Å². The van der Waals surface area contributed by atoms with Crippen LogP contribution >= 0.6 is 0 Å². The van der Waals surface area contributed by atoms with E-state index < -0.39 is 18.2 Å². The number of fused-ring (bicyclic) bond motifs is 1. The van der Waals surface area contributed by atoms with E-state index in [9.17, 15) is 9.90 Å². The van der Waals surface area contributed by atoms with Crippen molar-refractivity contribution in [1.82, 2.24) is 0 Å². The molecule has 0 radical (unpaired) electrons. The van der Waals surface area contributed by atoms with Crippen molar-refractivity contribution in [3.8, 4) is 0 Å². The molecule has 1 heterocycles. The molecule has 144 valence electrons. The molecule has 1 aromatic rings. The van der Waals surface area contributed by atoms with Gasteiger partial charge in [0.2, 0.25) is 0 Å². The Morgan fingerprint density at radius 3 is 2.58 bits per heavy atom. The van der Waals surface area contributed by atoms with Gasteiger partial charge in [-0.15, -0.1) is 0 Å². The van der Waals surface area contributed by atoms with Crippen molar-refractivity contribution >= 4 is 5.97 Å². The molecule has 3 rings (SSSR count). The van der Waals surface area contributed by atoms with Crippen LogP contribution < -0.4 is 0 Å². The van der Waals surface area contributed by atoms with Crippen molar-refractivity contribution in [3.63, 3.8) is 0 Å². The van der Waals surface area contributed by atoms with Crippen molar-refractivity contribution in [2.45, 2.75) is 84.0 Å². The van der Waals surface area contributed by atoms with Crippen LogP contribution in [0.5, 0.6) is 0 Å². The van der Waals surface area contributed by atoms with E-state index >= 15 is 0 Å². The Hall–Kier alpha value is -1.39. The Labute approximate surface area is 156 Å². The summed E-state index contributed by atoms with van der Waals surface area (Å²) in [5.41, 5.74) is 4.39. The largest absolute Gasteiger partial charge is 0.481 e. The van der Waals surface area contributed by atoms with E-state index in [4.69, 9.17) is 9.47 Å². The zero-order valence-corrected chi connectivity index (χ0v) is 16.9. The molecular formula is C22H32O4. The van der Waals surface area contributed by atoms with Gasteiger partial charge < -0.3 is 14.6 Å². The average molecular weight is 360 g/mol. The third-order valence-corrected chi connectivity index (χ3v) is 6.43. The molecule has 4 heteroatoms. The standard InChI is InChI=1S/C22H32O4/c1-13(19(23)24)17-16(22(5)11-7-10-21(3,4)12-22)9-8-15-18(17)14(2)26-20(15)25-6/h8-9,13-14,20H,7,10-12H2,1-6H3,(H,23,24)/t13-,14-,20+,22+/m1/s1. The number of carboxylic acids is 1. The molecule has 1 aliphatic carbocycles. The summed E-state index contributed by atoms with van der Waals surface area (Å²) in [5, 5.41) is 9.81. The van der Waals surface area contributed by atoms with Crippen LogP contribution in [-0.4, -0.2) is 18.2 Å². The summed E-state index contributed by atoms with van der Waals surface area (Å²) in [6, 6.07) is 4.23. The van der Waals surface area contributed by atoms with E-state index in [1.165, 1.54) is 18.4 Å². The van der Waals surface area contributed by atoms with Gasteiger partial charge in [0.25, 0.3) is 0 Å². The Morgan fingerprint density at radius 2 is 2.00 bits per heavy atom. The van der Waals surface area contributed by atoms with Crippen molar-refractivity contribution < 1.29 is 19.4 Å². The summed E-state index contributed by atoms with van der Waals surface area (Å²) in [6.45, 7) is 10.7. The van der Waals surface area contributed by atoms with Crippen LogP contribution in [0.25, 0.3) is 0 Å². The molecule has 0 amide bonds. The summed E-state index contributed by atoms with van der Waals surface area (Å²) < 4.78 is 11.4. The molecule has 1 fully saturated rings. The highest BCUT2D eigenvalue weighted by Crippen LogP contribution is 2.52. The summed E-state index contributed by atoms with van der Waals surface area (Å²) in [7, 11) is 1.63. The predicted molar refractivity (Wildman–Crippen MR) is 101 cm³/mol. The number of hydrogen-bond acceptors (Lipinski definition) is 3. The summed E-state index contributed by atoms with van der Waals surface area (Å²) in [6.07, 6.45) is 3.99. The number of hydrogen-bond donors (Lipinski definition) is 1. The van der Waals surface area contributed by atoms with Crippen molar-refractivity contribution in [2.75, 3.05) is 7.11 Å². The topological polar surface area (TPSA) is 55.8 Å². The Morgan fingerprint density at radius 1 is 1.31 bits per heavy atom. The van der Waals surface area contributed by atoms with Gasteiger partial charge in [-0.3, -0.25) is 4.79 Å². The van der Waals surface area contributed by atoms with Crippen LogP contribution in [0, 0.1) is 5.41 Å². The number of rotatable bonds is 4. The zero-order valence-electron chi connectivity index (χ0n) is 16.9. The normalized spacial score (nSPS) is 31.5. The van der Waals surface area contributed by atoms with E-state index in [0.717, 1.165) is 29.5 Å². The van der Waals surface area contributed by atoms with Crippen molar-refractivity contribution in [1.29, 1.82) is 0 Å². The van der Waals surface area contributed by atoms with Crippen LogP contribution in [0.2, 0.25) is 0 Å². The lowest BCUT2D eigenvalue weighted by molar-refractivity contribution is -0.138. The molecule has 4 atom stereocenters. The molecule has 0 saturated heterocycles. The van der Waals surface area contributed by atoms with Gasteiger partial charge >= 0.3 is 5.97 Å². The maximum absolute atomic E-state index is 12.0. The fourth-order valence-corrected chi connectivity index (χ4v) is 5.36. The van der Waals surface area contributed by atoms with Crippen molar-refractivity contribution in [2.24, 2.45) is 5.41 Å². The monoisotopic (exact) mass is 360 g/mol. The highest BCUT2D eigenvalue weighted by molar-refractivity contribution is 5.77. The van der Waals surface area contributed by atoms with Crippen LogP contribution in [0.3, 0.4) is 0 Å². The summed E-state index contributed by atoms with van der Waals surface area (Å²) >= 11 is 0. The maximum atomic E-state index is 12.0. The molecule has 1 saturated carbocycles.